The summed E-state index contributed by atoms with van der Waals surface area (Å²) in [6.07, 6.45) is 4.26. The van der Waals surface area contributed by atoms with Crippen LogP contribution in [0.3, 0.4) is 0 Å². The van der Waals surface area contributed by atoms with Crippen LogP contribution in [0.15, 0.2) is 0 Å². The van der Waals surface area contributed by atoms with Crippen molar-refractivity contribution < 1.29 is 14.4 Å². The smallest absolute Gasteiger partial charge is 0.237 e. The summed E-state index contributed by atoms with van der Waals surface area (Å²) in [5.74, 6) is 0.323. The summed E-state index contributed by atoms with van der Waals surface area (Å²) in [6.45, 7) is 9.52. The molecular weight excluding hydrogens is 344 g/mol. The minimum Gasteiger partial charge on any atom is -0.354 e. The summed E-state index contributed by atoms with van der Waals surface area (Å²) in [4.78, 5) is 41.2. The molecule has 3 aliphatic heterocycles. The second kappa shape index (κ2) is 8.17. The Morgan fingerprint density at radius 2 is 1.96 bits per heavy atom. The van der Waals surface area contributed by atoms with E-state index in [1.807, 2.05) is 30.6 Å². The Hall–Kier alpha value is -1.63. The van der Waals surface area contributed by atoms with Crippen LogP contribution in [-0.4, -0.2) is 71.8 Å². The van der Waals surface area contributed by atoms with Gasteiger partial charge in [0.25, 0.3) is 0 Å². The average Bonchev–Trinajstić information content (AvgIpc) is 3.28. The molecule has 0 spiro atoms. The van der Waals surface area contributed by atoms with Crippen molar-refractivity contribution in [3.05, 3.63) is 0 Å². The quantitative estimate of drug-likeness (QED) is 0.756. The van der Waals surface area contributed by atoms with Gasteiger partial charge in [-0.05, 0) is 58.9 Å². The molecule has 3 unspecified atom stereocenters. The Morgan fingerprint density at radius 3 is 2.59 bits per heavy atom. The number of rotatable bonds is 4. The number of carbonyl (C=O) groups is 3. The molecule has 0 saturated carbocycles. The van der Waals surface area contributed by atoms with Crippen molar-refractivity contribution in [2.75, 3.05) is 32.7 Å². The molecular formula is C20H34N4O3. The van der Waals surface area contributed by atoms with Gasteiger partial charge in [0.1, 0.15) is 0 Å². The number of hydrogen-bond donors (Lipinski definition) is 2. The van der Waals surface area contributed by atoms with E-state index in [0.717, 1.165) is 38.8 Å². The van der Waals surface area contributed by atoms with E-state index in [4.69, 9.17) is 0 Å². The van der Waals surface area contributed by atoms with E-state index < -0.39 is 0 Å². The lowest BCUT2D eigenvalue weighted by Gasteiger charge is -2.35. The number of piperidine rings is 1. The van der Waals surface area contributed by atoms with Crippen molar-refractivity contribution in [3.63, 3.8) is 0 Å². The highest BCUT2D eigenvalue weighted by Gasteiger charge is 2.41. The van der Waals surface area contributed by atoms with Crippen molar-refractivity contribution >= 4 is 17.7 Å². The standard InChI is InChI=1S/C20H34N4O3/c1-20(2,3)24-13-15(10-17(24)25)19(27)23-9-5-6-14(12-23)11-22-18(26)16-7-4-8-21-16/h14-16,21H,4-13H2,1-3H3,(H,22,26). The lowest BCUT2D eigenvalue weighted by atomic mass is 9.96. The van der Waals surface area contributed by atoms with Crippen LogP contribution in [0.25, 0.3) is 0 Å². The van der Waals surface area contributed by atoms with Crippen molar-refractivity contribution in [3.8, 4) is 0 Å². The molecule has 0 radical (unpaired) electrons. The third kappa shape index (κ3) is 4.81. The molecule has 0 aromatic heterocycles. The largest absolute Gasteiger partial charge is 0.354 e. The fraction of sp³-hybridized carbons (Fsp3) is 0.850. The van der Waals surface area contributed by atoms with Crippen molar-refractivity contribution in [1.29, 1.82) is 0 Å². The van der Waals surface area contributed by atoms with Gasteiger partial charge in [-0.3, -0.25) is 14.4 Å². The molecule has 0 aromatic carbocycles. The molecule has 7 heteroatoms. The minimum atomic E-state index is -0.241. The predicted octanol–water partition coefficient (Wildman–Crippen LogP) is 0.740. The first-order valence-electron chi connectivity index (χ1n) is 10.4. The van der Waals surface area contributed by atoms with E-state index in [0.29, 0.717) is 32.0 Å². The number of nitrogens with zero attached hydrogens (tertiary/aromatic N) is 2. The molecule has 152 valence electrons. The van der Waals surface area contributed by atoms with E-state index in [9.17, 15) is 14.4 Å². The maximum absolute atomic E-state index is 13.0. The summed E-state index contributed by atoms with van der Waals surface area (Å²) in [5.41, 5.74) is -0.241. The van der Waals surface area contributed by atoms with Gasteiger partial charge in [0.15, 0.2) is 0 Å². The van der Waals surface area contributed by atoms with E-state index in [-0.39, 0.29) is 35.2 Å². The summed E-state index contributed by atoms with van der Waals surface area (Å²) in [6, 6.07) is -0.0563. The van der Waals surface area contributed by atoms with Gasteiger partial charge in [-0.1, -0.05) is 0 Å². The number of amides is 3. The number of hydrogen-bond acceptors (Lipinski definition) is 4. The minimum absolute atomic E-state index is 0.0563. The molecule has 3 fully saturated rings. The zero-order chi connectivity index (χ0) is 19.6. The van der Waals surface area contributed by atoms with Crippen LogP contribution in [0.4, 0.5) is 0 Å². The molecule has 3 aliphatic rings. The molecule has 27 heavy (non-hydrogen) atoms. The molecule has 7 nitrogen and oxygen atoms in total. The van der Waals surface area contributed by atoms with Crippen molar-refractivity contribution in [2.45, 2.75) is 64.5 Å². The van der Waals surface area contributed by atoms with Crippen molar-refractivity contribution in [1.82, 2.24) is 20.4 Å². The van der Waals surface area contributed by atoms with E-state index >= 15 is 0 Å². The van der Waals surface area contributed by atoms with E-state index in [1.54, 1.807) is 0 Å². The normalized spacial score (nSPS) is 29.3. The number of likely N-dealkylation sites (tertiary alicyclic amines) is 2. The summed E-state index contributed by atoms with van der Waals surface area (Å²) in [7, 11) is 0. The first-order chi connectivity index (χ1) is 12.8. The molecule has 3 atom stereocenters. The first kappa shape index (κ1) is 20.1. The average molecular weight is 379 g/mol. The second-order valence-corrected chi connectivity index (χ2v) is 9.26. The molecule has 3 saturated heterocycles. The zero-order valence-corrected chi connectivity index (χ0v) is 16.9. The lowest BCUT2D eigenvalue weighted by Crippen LogP contribution is -2.48. The molecule has 2 N–H and O–H groups in total. The SMILES string of the molecule is CC(C)(C)N1CC(C(=O)N2CCCC(CNC(=O)C3CCCN3)C2)CC1=O. The lowest BCUT2D eigenvalue weighted by molar-refractivity contribution is -0.137. The number of carbonyl (C=O) groups excluding carboxylic acids is 3. The van der Waals surface area contributed by atoms with Gasteiger partial charge in [-0.25, -0.2) is 0 Å². The molecule has 3 rings (SSSR count). The van der Waals surface area contributed by atoms with Gasteiger partial charge in [-0.15, -0.1) is 0 Å². The van der Waals surface area contributed by atoms with Gasteiger partial charge in [0, 0.05) is 38.1 Å². The van der Waals surface area contributed by atoms with Gasteiger partial charge in [-0.2, -0.15) is 0 Å². The van der Waals surface area contributed by atoms with E-state index in [2.05, 4.69) is 10.6 Å². The van der Waals surface area contributed by atoms with Gasteiger partial charge < -0.3 is 20.4 Å². The fourth-order valence-electron chi connectivity index (χ4n) is 4.49. The van der Waals surface area contributed by atoms with Crippen LogP contribution in [0.1, 0.15) is 52.9 Å². The summed E-state index contributed by atoms with van der Waals surface area (Å²) >= 11 is 0. The maximum Gasteiger partial charge on any atom is 0.237 e. The van der Waals surface area contributed by atoms with Crippen LogP contribution < -0.4 is 10.6 Å². The topological polar surface area (TPSA) is 81.8 Å². The van der Waals surface area contributed by atoms with Gasteiger partial charge >= 0.3 is 0 Å². The second-order valence-electron chi connectivity index (χ2n) is 9.26. The van der Waals surface area contributed by atoms with Crippen molar-refractivity contribution in [2.24, 2.45) is 11.8 Å². The fourth-order valence-corrected chi connectivity index (χ4v) is 4.49. The third-order valence-electron chi connectivity index (χ3n) is 6.06. The first-order valence-corrected chi connectivity index (χ1v) is 10.4. The highest BCUT2D eigenvalue weighted by atomic mass is 16.2. The maximum atomic E-state index is 13.0. The van der Waals surface area contributed by atoms with Gasteiger partial charge in [0.05, 0.1) is 12.0 Å². The van der Waals surface area contributed by atoms with Crippen LogP contribution >= 0.6 is 0 Å². The van der Waals surface area contributed by atoms with Crippen LogP contribution in [0.5, 0.6) is 0 Å². The third-order valence-corrected chi connectivity index (χ3v) is 6.06. The van der Waals surface area contributed by atoms with Crippen LogP contribution in [0.2, 0.25) is 0 Å². The Labute approximate surface area is 162 Å². The molecule has 3 amide bonds. The Morgan fingerprint density at radius 1 is 1.19 bits per heavy atom. The predicted molar refractivity (Wildman–Crippen MR) is 103 cm³/mol. The Kier molecular flexibility index (Phi) is 6.08. The molecule has 3 heterocycles. The Bertz CT molecular complexity index is 580. The summed E-state index contributed by atoms with van der Waals surface area (Å²) in [5, 5.41) is 6.27. The number of nitrogens with one attached hydrogen (secondary N) is 2. The van der Waals surface area contributed by atoms with E-state index in [1.165, 1.54) is 0 Å². The Balaban J connectivity index is 1.49. The van der Waals surface area contributed by atoms with Crippen LogP contribution in [-0.2, 0) is 14.4 Å². The molecule has 0 bridgehead atoms. The molecule has 0 aliphatic carbocycles. The summed E-state index contributed by atoms with van der Waals surface area (Å²) < 4.78 is 0. The highest BCUT2D eigenvalue weighted by molar-refractivity contribution is 5.89. The monoisotopic (exact) mass is 378 g/mol. The highest BCUT2D eigenvalue weighted by Crippen LogP contribution is 2.28. The zero-order valence-electron chi connectivity index (χ0n) is 16.9. The molecule has 0 aromatic rings. The van der Waals surface area contributed by atoms with Gasteiger partial charge in [0.2, 0.25) is 17.7 Å². The van der Waals surface area contributed by atoms with Crippen LogP contribution in [0, 0.1) is 11.8 Å².